The first-order valence-corrected chi connectivity index (χ1v) is 6.82. The maximum absolute atomic E-state index is 13.3. The van der Waals surface area contributed by atoms with Crippen LogP contribution in [0.4, 0.5) is 10.1 Å². The number of rotatable bonds is 6. The fourth-order valence-electron chi connectivity index (χ4n) is 2.00. The Balaban J connectivity index is 2.08. The number of anilines is 1. The molecule has 0 unspecified atom stereocenters. The molecule has 21 heavy (non-hydrogen) atoms. The average Bonchev–Trinajstić information content (AvgIpc) is 2.53. The number of nitrogens with one attached hydrogen (secondary N) is 1. The van der Waals surface area contributed by atoms with Crippen molar-refractivity contribution in [3.05, 3.63) is 65.0 Å². The van der Waals surface area contributed by atoms with E-state index in [1.54, 1.807) is 12.1 Å². The Bertz CT molecular complexity index is 649. The van der Waals surface area contributed by atoms with Crippen LogP contribution >= 0.6 is 0 Å². The van der Waals surface area contributed by atoms with E-state index in [1.807, 2.05) is 37.3 Å². The Morgan fingerprint density at radius 3 is 2.81 bits per heavy atom. The van der Waals surface area contributed by atoms with Gasteiger partial charge in [0.25, 0.3) is 0 Å². The van der Waals surface area contributed by atoms with Crippen molar-refractivity contribution in [1.82, 2.24) is 0 Å². The summed E-state index contributed by atoms with van der Waals surface area (Å²) in [5, 5.41) is 12.1. The average molecular weight is 284 g/mol. The molecule has 0 heterocycles. The number of nitriles is 1. The molecule has 2 rings (SSSR count). The molecule has 0 fully saturated rings. The van der Waals surface area contributed by atoms with Gasteiger partial charge in [0.05, 0.1) is 12.2 Å². The second-order valence-electron chi connectivity index (χ2n) is 4.57. The molecule has 0 amide bonds. The van der Waals surface area contributed by atoms with E-state index < -0.39 is 5.82 Å². The third-order valence-corrected chi connectivity index (χ3v) is 3.11. The predicted molar refractivity (Wildman–Crippen MR) is 80.2 cm³/mol. The SMILES string of the molecule is CCOCc1ccccc1NCc1ccc(F)c(C#N)c1. The first-order chi connectivity index (χ1) is 10.2. The third kappa shape index (κ3) is 4.04. The second-order valence-corrected chi connectivity index (χ2v) is 4.57. The number of halogens is 1. The van der Waals surface area contributed by atoms with Crippen molar-refractivity contribution in [2.24, 2.45) is 0 Å². The lowest BCUT2D eigenvalue weighted by Crippen LogP contribution is -2.04. The highest BCUT2D eigenvalue weighted by Gasteiger charge is 2.04. The summed E-state index contributed by atoms with van der Waals surface area (Å²) in [6.07, 6.45) is 0. The third-order valence-electron chi connectivity index (χ3n) is 3.11. The summed E-state index contributed by atoms with van der Waals surface area (Å²) < 4.78 is 18.7. The largest absolute Gasteiger partial charge is 0.381 e. The molecule has 0 bridgehead atoms. The highest BCUT2D eigenvalue weighted by molar-refractivity contribution is 5.51. The summed E-state index contributed by atoms with van der Waals surface area (Å²) in [5.41, 5.74) is 2.98. The maximum Gasteiger partial charge on any atom is 0.140 e. The Kier molecular flexibility index (Phi) is 5.30. The van der Waals surface area contributed by atoms with Crippen LogP contribution in [0.1, 0.15) is 23.6 Å². The lowest BCUT2D eigenvalue weighted by molar-refractivity contribution is 0.134. The molecule has 108 valence electrons. The summed E-state index contributed by atoms with van der Waals surface area (Å²) in [6, 6.07) is 14.3. The summed E-state index contributed by atoms with van der Waals surface area (Å²) in [4.78, 5) is 0. The van der Waals surface area contributed by atoms with Crippen LogP contribution in [-0.4, -0.2) is 6.61 Å². The standard InChI is InChI=1S/C17H17FN2O/c1-2-21-12-14-5-3-4-6-17(14)20-11-13-7-8-16(18)15(9-13)10-19/h3-9,20H,2,11-12H2,1H3. The molecule has 0 atom stereocenters. The molecular weight excluding hydrogens is 267 g/mol. The minimum absolute atomic E-state index is 0.0666. The van der Waals surface area contributed by atoms with Crippen LogP contribution < -0.4 is 5.32 Å². The van der Waals surface area contributed by atoms with Crippen molar-refractivity contribution in [2.75, 3.05) is 11.9 Å². The Morgan fingerprint density at radius 2 is 2.05 bits per heavy atom. The number of hydrogen-bond donors (Lipinski definition) is 1. The second kappa shape index (κ2) is 7.41. The van der Waals surface area contributed by atoms with Crippen LogP contribution in [0.25, 0.3) is 0 Å². The number of hydrogen-bond acceptors (Lipinski definition) is 3. The Hall–Kier alpha value is -2.38. The highest BCUT2D eigenvalue weighted by Crippen LogP contribution is 2.18. The fraction of sp³-hybridized carbons (Fsp3) is 0.235. The molecule has 0 spiro atoms. The van der Waals surface area contributed by atoms with Crippen LogP contribution in [-0.2, 0) is 17.9 Å². The van der Waals surface area contributed by atoms with Crippen LogP contribution in [0.5, 0.6) is 0 Å². The first-order valence-electron chi connectivity index (χ1n) is 6.82. The van der Waals surface area contributed by atoms with Crippen LogP contribution in [0, 0.1) is 17.1 Å². The van der Waals surface area contributed by atoms with Gasteiger partial charge in [-0.2, -0.15) is 5.26 Å². The van der Waals surface area contributed by atoms with Crippen molar-refractivity contribution in [2.45, 2.75) is 20.1 Å². The topological polar surface area (TPSA) is 45.0 Å². The van der Waals surface area contributed by atoms with Gasteiger partial charge in [-0.25, -0.2) is 4.39 Å². The highest BCUT2D eigenvalue weighted by atomic mass is 19.1. The predicted octanol–water partition coefficient (Wildman–Crippen LogP) is 3.85. The molecule has 0 aliphatic rings. The number of para-hydroxylation sites is 1. The van der Waals surface area contributed by atoms with E-state index in [-0.39, 0.29) is 5.56 Å². The Labute approximate surface area is 124 Å². The van der Waals surface area contributed by atoms with Gasteiger partial charge in [-0.05, 0) is 30.7 Å². The van der Waals surface area contributed by atoms with Gasteiger partial charge >= 0.3 is 0 Å². The zero-order chi connectivity index (χ0) is 15.1. The van der Waals surface area contributed by atoms with Gasteiger partial charge in [0.15, 0.2) is 0 Å². The smallest absolute Gasteiger partial charge is 0.140 e. The van der Waals surface area contributed by atoms with Crippen LogP contribution in [0.15, 0.2) is 42.5 Å². The van der Waals surface area contributed by atoms with E-state index in [0.717, 1.165) is 16.8 Å². The van der Waals surface area contributed by atoms with Gasteiger partial charge in [-0.1, -0.05) is 24.3 Å². The molecule has 1 N–H and O–H groups in total. The van der Waals surface area contributed by atoms with Crippen molar-refractivity contribution >= 4 is 5.69 Å². The van der Waals surface area contributed by atoms with E-state index >= 15 is 0 Å². The van der Waals surface area contributed by atoms with Gasteiger partial charge in [0.2, 0.25) is 0 Å². The molecule has 0 aliphatic carbocycles. The molecule has 0 aliphatic heterocycles. The fourth-order valence-corrected chi connectivity index (χ4v) is 2.00. The van der Waals surface area contributed by atoms with E-state index in [9.17, 15) is 4.39 Å². The van der Waals surface area contributed by atoms with Crippen molar-refractivity contribution in [3.8, 4) is 6.07 Å². The molecule has 3 nitrogen and oxygen atoms in total. The quantitative estimate of drug-likeness (QED) is 0.876. The van der Waals surface area contributed by atoms with Gasteiger partial charge in [-0.3, -0.25) is 0 Å². The minimum atomic E-state index is -0.488. The molecule has 0 radical (unpaired) electrons. The molecule has 0 saturated heterocycles. The van der Waals surface area contributed by atoms with Gasteiger partial charge < -0.3 is 10.1 Å². The van der Waals surface area contributed by atoms with Gasteiger partial charge in [0, 0.05) is 24.4 Å². The lowest BCUT2D eigenvalue weighted by Gasteiger charge is -2.12. The number of nitrogens with zero attached hydrogens (tertiary/aromatic N) is 1. The monoisotopic (exact) mass is 284 g/mol. The van der Waals surface area contributed by atoms with Crippen molar-refractivity contribution < 1.29 is 9.13 Å². The van der Waals surface area contributed by atoms with E-state index in [2.05, 4.69) is 5.32 Å². The molecular formula is C17H17FN2O. The van der Waals surface area contributed by atoms with Crippen LogP contribution in [0.2, 0.25) is 0 Å². The van der Waals surface area contributed by atoms with Crippen molar-refractivity contribution in [1.29, 1.82) is 5.26 Å². The van der Waals surface area contributed by atoms with E-state index in [0.29, 0.717) is 19.8 Å². The summed E-state index contributed by atoms with van der Waals surface area (Å²) >= 11 is 0. The summed E-state index contributed by atoms with van der Waals surface area (Å²) in [5.74, 6) is -0.488. The zero-order valence-electron chi connectivity index (χ0n) is 11.9. The first kappa shape index (κ1) is 15.0. The van der Waals surface area contributed by atoms with Gasteiger partial charge in [-0.15, -0.1) is 0 Å². The normalized spacial score (nSPS) is 10.1. The zero-order valence-corrected chi connectivity index (χ0v) is 11.9. The summed E-state index contributed by atoms with van der Waals surface area (Å²) in [7, 11) is 0. The van der Waals surface area contributed by atoms with Crippen LogP contribution in [0.3, 0.4) is 0 Å². The molecule has 2 aromatic rings. The van der Waals surface area contributed by atoms with Crippen molar-refractivity contribution in [3.63, 3.8) is 0 Å². The summed E-state index contributed by atoms with van der Waals surface area (Å²) in [6.45, 7) is 3.69. The Morgan fingerprint density at radius 1 is 1.24 bits per heavy atom. The minimum Gasteiger partial charge on any atom is -0.381 e. The van der Waals surface area contributed by atoms with E-state index in [4.69, 9.17) is 10.00 Å². The molecule has 0 aromatic heterocycles. The molecule has 2 aromatic carbocycles. The maximum atomic E-state index is 13.3. The number of benzene rings is 2. The lowest BCUT2D eigenvalue weighted by atomic mass is 10.1. The van der Waals surface area contributed by atoms with E-state index in [1.165, 1.54) is 6.07 Å². The number of ether oxygens (including phenoxy) is 1. The molecule has 4 heteroatoms. The molecule has 0 saturated carbocycles. The van der Waals surface area contributed by atoms with Gasteiger partial charge in [0.1, 0.15) is 11.9 Å².